The standard InChI is InChI=1S/C25H29Cl2N5O3/c1-15-3-2-4-16(13-15)24(34)31-11-12-32(25(35)30-19-9-10-20(26)21(27)14-19)23(31)22(33)29-18-7-5-17(28)6-8-18/h2-4,9-10,13-14,17-18,23H,5-8,11-12,28H2,1H3,(H,29,33)(H,30,35). The van der Waals surface area contributed by atoms with Crippen LogP contribution in [-0.4, -0.2) is 59.0 Å². The van der Waals surface area contributed by atoms with Crippen LogP contribution in [0.15, 0.2) is 42.5 Å². The van der Waals surface area contributed by atoms with Gasteiger partial charge in [0.2, 0.25) is 0 Å². The van der Waals surface area contributed by atoms with Gasteiger partial charge in [-0.05, 0) is 62.9 Å². The van der Waals surface area contributed by atoms with Crippen molar-refractivity contribution in [3.8, 4) is 0 Å². The number of carbonyl (C=O) groups is 3. The van der Waals surface area contributed by atoms with Gasteiger partial charge in [0, 0.05) is 36.4 Å². The molecule has 35 heavy (non-hydrogen) atoms. The van der Waals surface area contributed by atoms with Crippen LogP contribution in [0.3, 0.4) is 0 Å². The summed E-state index contributed by atoms with van der Waals surface area (Å²) in [5.41, 5.74) is 7.84. The highest BCUT2D eigenvalue weighted by atomic mass is 35.5. The molecule has 2 aromatic carbocycles. The van der Waals surface area contributed by atoms with Gasteiger partial charge in [0.1, 0.15) is 0 Å². The molecule has 10 heteroatoms. The average molecular weight is 518 g/mol. The van der Waals surface area contributed by atoms with E-state index in [4.69, 9.17) is 28.9 Å². The number of nitrogens with one attached hydrogen (secondary N) is 2. The number of amides is 4. The van der Waals surface area contributed by atoms with E-state index in [2.05, 4.69) is 10.6 Å². The summed E-state index contributed by atoms with van der Waals surface area (Å²) in [5.74, 6) is -0.683. The zero-order chi connectivity index (χ0) is 25.1. The zero-order valence-corrected chi connectivity index (χ0v) is 21.0. The number of rotatable bonds is 4. The van der Waals surface area contributed by atoms with Crippen LogP contribution in [0.1, 0.15) is 41.6 Å². The Hall–Kier alpha value is -2.81. The quantitative estimate of drug-likeness (QED) is 0.569. The number of benzene rings is 2. The summed E-state index contributed by atoms with van der Waals surface area (Å²) in [6, 6.07) is 11.5. The second-order valence-corrected chi connectivity index (χ2v) is 9.93. The lowest BCUT2D eigenvalue weighted by Crippen LogP contribution is -2.56. The fourth-order valence-corrected chi connectivity index (χ4v) is 4.89. The van der Waals surface area contributed by atoms with Crippen molar-refractivity contribution in [2.45, 2.75) is 50.9 Å². The Morgan fingerprint density at radius 3 is 2.34 bits per heavy atom. The van der Waals surface area contributed by atoms with Gasteiger partial charge < -0.3 is 21.3 Å². The predicted molar refractivity (Wildman–Crippen MR) is 137 cm³/mol. The van der Waals surface area contributed by atoms with E-state index in [0.29, 0.717) is 21.3 Å². The molecule has 8 nitrogen and oxygen atoms in total. The van der Waals surface area contributed by atoms with Crippen molar-refractivity contribution in [1.82, 2.24) is 15.1 Å². The van der Waals surface area contributed by atoms with Crippen LogP contribution in [0.5, 0.6) is 0 Å². The lowest BCUT2D eigenvalue weighted by molar-refractivity contribution is -0.128. The number of nitrogens with zero attached hydrogens (tertiary/aromatic N) is 2. The largest absolute Gasteiger partial charge is 0.350 e. The van der Waals surface area contributed by atoms with E-state index in [1.807, 2.05) is 13.0 Å². The summed E-state index contributed by atoms with van der Waals surface area (Å²) in [5, 5.41) is 6.47. The topological polar surface area (TPSA) is 108 Å². The van der Waals surface area contributed by atoms with E-state index in [1.54, 1.807) is 30.3 Å². The molecule has 1 unspecified atom stereocenters. The van der Waals surface area contributed by atoms with Gasteiger partial charge in [-0.1, -0.05) is 40.9 Å². The van der Waals surface area contributed by atoms with Gasteiger partial charge in [0.25, 0.3) is 11.8 Å². The maximum atomic E-state index is 13.5. The van der Waals surface area contributed by atoms with E-state index in [0.717, 1.165) is 31.2 Å². The molecule has 1 saturated carbocycles. The third-order valence-electron chi connectivity index (χ3n) is 6.48. The SMILES string of the molecule is Cc1cccc(C(=O)N2CCN(C(=O)Nc3ccc(Cl)c(Cl)c3)C2C(=O)NC2CCC(N)CC2)c1. The first kappa shape index (κ1) is 25.3. The molecule has 4 amide bonds. The molecular weight excluding hydrogens is 489 g/mol. The highest BCUT2D eigenvalue weighted by Crippen LogP contribution is 2.27. The maximum absolute atomic E-state index is 13.5. The summed E-state index contributed by atoms with van der Waals surface area (Å²) in [7, 11) is 0. The molecule has 1 saturated heterocycles. The highest BCUT2D eigenvalue weighted by molar-refractivity contribution is 6.42. The van der Waals surface area contributed by atoms with Crippen molar-refractivity contribution in [2.24, 2.45) is 5.73 Å². The van der Waals surface area contributed by atoms with Crippen LogP contribution in [0.2, 0.25) is 10.0 Å². The number of aryl methyl sites for hydroxylation is 1. The smallest absolute Gasteiger partial charge is 0.323 e. The minimum absolute atomic E-state index is 0.0428. The molecule has 1 aliphatic heterocycles. The molecular formula is C25H29Cl2N5O3. The Morgan fingerprint density at radius 1 is 0.943 bits per heavy atom. The fourth-order valence-electron chi connectivity index (χ4n) is 4.59. The van der Waals surface area contributed by atoms with Crippen molar-refractivity contribution < 1.29 is 14.4 Å². The number of carbonyl (C=O) groups excluding carboxylic acids is 3. The summed E-state index contributed by atoms with van der Waals surface area (Å²) in [4.78, 5) is 42.9. The Kier molecular flexibility index (Phi) is 7.84. The van der Waals surface area contributed by atoms with Crippen LogP contribution in [0.25, 0.3) is 0 Å². The average Bonchev–Trinajstić information content (AvgIpc) is 3.28. The number of anilines is 1. The van der Waals surface area contributed by atoms with Crippen LogP contribution in [0, 0.1) is 6.92 Å². The van der Waals surface area contributed by atoms with Crippen molar-refractivity contribution in [2.75, 3.05) is 18.4 Å². The van der Waals surface area contributed by atoms with Gasteiger partial charge >= 0.3 is 6.03 Å². The lowest BCUT2D eigenvalue weighted by Gasteiger charge is -2.32. The molecule has 0 bridgehead atoms. The maximum Gasteiger partial charge on any atom is 0.323 e. The zero-order valence-electron chi connectivity index (χ0n) is 19.5. The first-order valence-corrected chi connectivity index (χ1v) is 12.4. The molecule has 0 spiro atoms. The lowest BCUT2D eigenvalue weighted by atomic mass is 9.92. The van der Waals surface area contributed by atoms with E-state index in [-0.39, 0.29) is 37.0 Å². The first-order valence-electron chi connectivity index (χ1n) is 11.7. The molecule has 4 rings (SSSR count). The molecule has 1 heterocycles. The van der Waals surface area contributed by atoms with E-state index in [1.165, 1.54) is 15.9 Å². The number of nitrogens with two attached hydrogens (primary N) is 1. The minimum Gasteiger partial charge on any atom is -0.350 e. The molecule has 2 aromatic rings. The monoisotopic (exact) mass is 517 g/mol. The van der Waals surface area contributed by atoms with Crippen molar-refractivity contribution in [3.05, 3.63) is 63.6 Å². The Balaban J connectivity index is 1.56. The Labute approximate surface area is 214 Å². The number of hydrogen-bond acceptors (Lipinski definition) is 4. The summed E-state index contributed by atoms with van der Waals surface area (Å²) >= 11 is 12.1. The molecule has 2 fully saturated rings. The Bertz CT molecular complexity index is 1120. The summed E-state index contributed by atoms with van der Waals surface area (Å²) < 4.78 is 0. The molecule has 1 atom stereocenters. The molecule has 186 valence electrons. The van der Waals surface area contributed by atoms with Crippen molar-refractivity contribution in [1.29, 1.82) is 0 Å². The summed E-state index contributed by atoms with van der Waals surface area (Å²) in [6.45, 7) is 2.34. The second kappa shape index (κ2) is 10.8. The molecule has 0 radical (unpaired) electrons. The van der Waals surface area contributed by atoms with Crippen molar-refractivity contribution >= 4 is 46.7 Å². The van der Waals surface area contributed by atoms with Crippen LogP contribution < -0.4 is 16.4 Å². The van der Waals surface area contributed by atoms with Gasteiger partial charge in [-0.2, -0.15) is 0 Å². The van der Waals surface area contributed by atoms with Crippen molar-refractivity contribution in [3.63, 3.8) is 0 Å². The van der Waals surface area contributed by atoms with E-state index < -0.39 is 12.2 Å². The normalized spacial score (nSPS) is 22.1. The number of urea groups is 1. The third-order valence-corrected chi connectivity index (χ3v) is 7.22. The van der Waals surface area contributed by atoms with Gasteiger partial charge in [0.05, 0.1) is 10.0 Å². The van der Waals surface area contributed by atoms with Gasteiger partial charge in [-0.25, -0.2) is 4.79 Å². The van der Waals surface area contributed by atoms with Crippen LogP contribution in [-0.2, 0) is 4.79 Å². The second-order valence-electron chi connectivity index (χ2n) is 9.11. The Morgan fingerprint density at radius 2 is 1.66 bits per heavy atom. The van der Waals surface area contributed by atoms with Gasteiger partial charge in [-0.15, -0.1) is 0 Å². The minimum atomic E-state index is -1.08. The molecule has 0 aromatic heterocycles. The summed E-state index contributed by atoms with van der Waals surface area (Å²) in [6.07, 6.45) is 2.09. The first-order chi connectivity index (χ1) is 16.7. The highest BCUT2D eigenvalue weighted by Gasteiger charge is 2.43. The third kappa shape index (κ3) is 5.89. The predicted octanol–water partition coefficient (Wildman–Crippen LogP) is 4.00. The molecule has 1 aliphatic carbocycles. The van der Waals surface area contributed by atoms with E-state index >= 15 is 0 Å². The number of halogens is 2. The molecule has 2 aliphatic rings. The van der Waals surface area contributed by atoms with Crippen LogP contribution in [0.4, 0.5) is 10.5 Å². The van der Waals surface area contributed by atoms with Crippen LogP contribution >= 0.6 is 23.2 Å². The van der Waals surface area contributed by atoms with Gasteiger partial charge in [-0.3, -0.25) is 14.5 Å². The fraction of sp³-hybridized carbons (Fsp3) is 0.400. The number of hydrogen-bond donors (Lipinski definition) is 3. The van der Waals surface area contributed by atoms with E-state index in [9.17, 15) is 14.4 Å². The van der Waals surface area contributed by atoms with Gasteiger partial charge in [0.15, 0.2) is 6.17 Å². The molecule has 4 N–H and O–H groups in total.